The second kappa shape index (κ2) is 3.73. The van der Waals surface area contributed by atoms with Crippen molar-refractivity contribution in [3.63, 3.8) is 0 Å². The molecule has 0 bridgehead atoms. The predicted octanol–water partition coefficient (Wildman–Crippen LogP) is -0.447. The highest BCUT2D eigenvalue weighted by atomic mass is 16.2. The maximum absolute atomic E-state index is 11.7. The van der Waals surface area contributed by atoms with Crippen LogP contribution in [0.2, 0.25) is 0 Å². The fraction of sp³-hybridized carbons (Fsp3) is 0.200. The zero-order valence-corrected chi connectivity index (χ0v) is 8.34. The van der Waals surface area contributed by atoms with E-state index in [4.69, 9.17) is 5.73 Å². The smallest absolute Gasteiger partial charge is 0.263 e. The van der Waals surface area contributed by atoms with Crippen LogP contribution >= 0.6 is 0 Å². The van der Waals surface area contributed by atoms with Gasteiger partial charge >= 0.3 is 0 Å². The Labute approximate surface area is 91.1 Å². The quantitative estimate of drug-likeness (QED) is 0.697. The summed E-state index contributed by atoms with van der Waals surface area (Å²) in [5.41, 5.74) is 5.56. The van der Waals surface area contributed by atoms with Crippen LogP contribution in [0.25, 0.3) is 0 Å². The number of hydrogen-bond donors (Lipinski definition) is 1. The summed E-state index contributed by atoms with van der Waals surface area (Å²) in [6.07, 6.45) is 2.76. The van der Waals surface area contributed by atoms with Crippen LogP contribution in [0, 0.1) is 0 Å². The number of nitrogens with two attached hydrogens (primary N) is 1. The summed E-state index contributed by atoms with van der Waals surface area (Å²) in [4.78, 5) is 38.9. The van der Waals surface area contributed by atoms with Crippen LogP contribution in [0.4, 0.5) is 0 Å². The molecular formula is C10H9N3O3. The van der Waals surface area contributed by atoms with Crippen LogP contribution in [-0.4, -0.2) is 34.2 Å². The molecule has 3 amide bonds. The van der Waals surface area contributed by atoms with Gasteiger partial charge in [0.1, 0.15) is 0 Å². The van der Waals surface area contributed by atoms with Crippen molar-refractivity contribution in [2.24, 2.45) is 5.73 Å². The van der Waals surface area contributed by atoms with Crippen molar-refractivity contribution in [1.82, 2.24) is 9.88 Å². The first-order valence-corrected chi connectivity index (χ1v) is 4.70. The number of rotatable bonds is 3. The molecule has 1 aromatic heterocycles. The third kappa shape index (κ3) is 1.54. The van der Waals surface area contributed by atoms with Crippen LogP contribution in [0.15, 0.2) is 18.5 Å². The highest BCUT2D eigenvalue weighted by molar-refractivity contribution is 6.21. The maximum atomic E-state index is 11.7. The lowest BCUT2D eigenvalue weighted by atomic mass is 10.2. The third-order valence-electron chi connectivity index (χ3n) is 2.35. The number of carbonyl (C=O) groups excluding carboxylic acids is 3. The Bertz CT molecular complexity index is 449. The van der Waals surface area contributed by atoms with Gasteiger partial charge in [0.25, 0.3) is 11.8 Å². The van der Waals surface area contributed by atoms with Crippen molar-refractivity contribution < 1.29 is 14.4 Å². The molecule has 0 unspecified atom stereocenters. The Balaban J connectivity index is 2.25. The molecule has 0 aromatic carbocycles. The molecule has 1 aliphatic heterocycles. The normalized spacial score (nSPS) is 14.1. The molecule has 0 atom stereocenters. The monoisotopic (exact) mass is 219 g/mol. The fourth-order valence-corrected chi connectivity index (χ4v) is 1.56. The fourth-order valence-electron chi connectivity index (χ4n) is 1.56. The summed E-state index contributed by atoms with van der Waals surface area (Å²) in [5, 5.41) is 0. The highest BCUT2D eigenvalue weighted by Crippen LogP contribution is 2.21. The Morgan fingerprint density at radius 1 is 1.31 bits per heavy atom. The SMILES string of the molecule is NC(=O)CCN1C(=O)c2ccncc2C1=O. The van der Waals surface area contributed by atoms with Crippen molar-refractivity contribution in [3.8, 4) is 0 Å². The van der Waals surface area contributed by atoms with Gasteiger partial charge in [-0.05, 0) is 6.07 Å². The van der Waals surface area contributed by atoms with Crippen LogP contribution < -0.4 is 5.73 Å². The van der Waals surface area contributed by atoms with Crippen molar-refractivity contribution in [3.05, 3.63) is 29.6 Å². The lowest BCUT2D eigenvalue weighted by molar-refractivity contribution is -0.118. The topological polar surface area (TPSA) is 93.4 Å². The number of nitrogens with zero attached hydrogens (tertiary/aromatic N) is 2. The molecule has 0 fully saturated rings. The van der Waals surface area contributed by atoms with E-state index in [0.29, 0.717) is 5.56 Å². The second-order valence-electron chi connectivity index (χ2n) is 3.40. The largest absolute Gasteiger partial charge is 0.370 e. The van der Waals surface area contributed by atoms with Gasteiger partial charge in [0.05, 0.1) is 11.1 Å². The molecule has 1 aliphatic rings. The van der Waals surface area contributed by atoms with Crippen LogP contribution in [-0.2, 0) is 4.79 Å². The van der Waals surface area contributed by atoms with Crippen molar-refractivity contribution in [2.75, 3.05) is 6.54 Å². The van der Waals surface area contributed by atoms with Gasteiger partial charge in [-0.3, -0.25) is 24.3 Å². The number of imide groups is 1. The van der Waals surface area contributed by atoms with E-state index in [-0.39, 0.29) is 18.5 Å². The van der Waals surface area contributed by atoms with Crippen molar-refractivity contribution >= 4 is 17.7 Å². The van der Waals surface area contributed by atoms with Crippen LogP contribution in [0.5, 0.6) is 0 Å². The van der Waals surface area contributed by atoms with E-state index in [1.54, 1.807) is 0 Å². The van der Waals surface area contributed by atoms with E-state index in [1.807, 2.05) is 0 Å². The van der Waals surface area contributed by atoms with E-state index in [0.717, 1.165) is 4.90 Å². The van der Waals surface area contributed by atoms with Gasteiger partial charge in [-0.15, -0.1) is 0 Å². The van der Waals surface area contributed by atoms with E-state index in [9.17, 15) is 14.4 Å². The Hall–Kier alpha value is -2.24. The van der Waals surface area contributed by atoms with Crippen molar-refractivity contribution in [2.45, 2.75) is 6.42 Å². The van der Waals surface area contributed by atoms with Crippen molar-refractivity contribution in [1.29, 1.82) is 0 Å². The molecule has 16 heavy (non-hydrogen) atoms. The number of pyridine rings is 1. The number of aromatic nitrogens is 1. The van der Waals surface area contributed by atoms with E-state index >= 15 is 0 Å². The van der Waals surface area contributed by atoms with Gasteiger partial charge in [0.2, 0.25) is 5.91 Å². The number of carbonyl (C=O) groups is 3. The van der Waals surface area contributed by atoms with Gasteiger partial charge in [-0.25, -0.2) is 0 Å². The number of primary amides is 1. The molecule has 0 saturated carbocycles. The molecule has 2 rings (SSSR count). The van der Waals surface area contributed by atoms with Crippen LogP contribution in [0.3, 0.4) is 0 Å². The predicted molar refractivity (Wildman–Crippen MR) is 53.4 cm³/mol. The Morgan fingerprint density at radius 3 is 2.62 bits per heavy atom. The molecular weight excluding hydrogens is 210 g/mol. The Kier molecular flexibility index (Phi) is 2.40. The van der Waals surface area contributed by atoms with Gasteiger partial charge in [-0.2, -0.15) is 0 Å². The minimum absolute atomic E-state index is 0.0156. The Morgan fingerprint density at radius 2 is 2.00 bits per heavy atom. The molecule has 2 heterocycles. The summed E-state index contributed by atoms with van der Waals surface area (Å²) in [7, 11) is 0. The maximum Gasteiger partial charge on any atom is 0.263 e. The summed E-state index contributed by atoms with van der Waals surface area (Å²) < 4.78 is 0. The number of amides is 3. The summed E-state index contributed by atoms with van der Waals surface area (Å²) in [6.45, 7) is 0.0156. The summed E-state index contributed by atoms with van der Waals surface area (Å²) in [6, 6.07) is 1.49. The van der Waals surface area contributed by atoms with Gasteiger partial charge in [0.15, 0.2) is 0 Å². The van der Waals surface area contributed by atoms with E-state index < -0.39 is 17.7 Å². The number of fused-ring (bicyclic) bond motifs is 1. The van der Waals surface area contributed by atoms with Gasteiger partial charge in [0, 0.05) is 25.4 Å². The molecule has 6 nitrogen and oxygen atoms in total. The molecule has 0 aliphatic carbocycles. The van der Waals surface area contributed by atoms with Gasteiger partial charge < -0.3 is 5.73 Å². The molecule has 0 radical (unpaired) electrons. The first kappa shape index (κ1) is 10.3. The lowest BCUT2D eigenvalue weighted by Crippen LogP contribution is -2.33. The molecule has 1 aromatic rings. The zero-order valence-electron chi connectivity index (χ0n) is 8.34. The molecule has 0 saturated heterocycles. The molecule has 0 spiro atoms. The standard InChI is InChI=1S/C10H9N3O3/c11-8(14)2-4-13-9(15)6-1-3-12-5-7(6)10(13)16/h1,3,5H,2,4H2,(H2,11,14). The average Bonchev–Trinajstić information content (AvgIpc) is 2.50. The molecule has 2 N–H and O–H groups in total. The first-order valence-electron chi connectivity index (χ1n) is 4.70. The highest BCUT2D eigenvalue weighted by Gasteiger charge is 2.35. The van der Waals surface area contributed by atoms with E-state index in [2.05, 4.69) is 4.98 Å². The molecule has 6 heteroatoms. The molecule has 82 valence electrons. The van der Waals surface area contributed by atoms with E-state index in [1.165, 1.54) is 18.5 Å². The minimum Gasteiger partial charge on any atom is -0.370 e. The zero-order chi connectivity index (χ0) is 11.7. The third-order valence-corrected chi connectivity index (χ3v) is 2.35. The number of hydrogen-bond acceptors (Lipinski definition) is 4. The van der Waals surface area contributed by atoms with Crippen LogP contribution in [0.1, 0.15) is 27.1 Å². The minimum atomic E-state index is -0.547. The second-order valence-corrected chi connectivity index (χ2v) is 3.40. The lowest BCUT2D eigenvalue weighted by Gasteiger charge is -2.11. The van der Waals surface area contributed by atoms with Gasteiger partial charge in [-0.1, -0.05) is 0 Å². The average molecular weight is 219 g/mol. The summed E-state index contributed by atoms with van der Waals surface area (Å²) in [5.74, 6) is -1.37. The summed E-state index contributed by atoms with van der Waals surface area (Å²) >= 11 is 0. The first-order chi connectivity index (χ1) is 7.61.